The lowest BCUT2D eigenvalue weighted by atomic mass is 10.2. The van der Waals surface area contributed by atoms with Crippen molar-refractivity contribution in [1.29, 1.82) is 0 Å². The molecular formula is C11H19F3N2O4. The van der Waals surface area contributed by atoms with Crippen molar-refractivity contribution in [2.75, 3.05) is 26.8 Å². The van der Waals surface area contributed by atoms with E-state index in [-0.39, 0.29) is 19.6 Å². The molecule has 20 heavy (non-hydrogen) atoms. The molecule has 0 saturated carbocycles. The summed E-state index contributed by atoms with van der Waals surface area (Å²) in [5.41, 5.74) is 0. The highest BCUT2D eigenvalue weighted by atomic mass is 19.4. The summed E-state index contributed by atoms with van der Waals surface area (Å²) in [4.78, 5) is 23.1. The summed E-state index contributed by atoms with van der Waals surface area (Å²) in [6, 6.07) is -2.33. The van der Waals surface area contributed by atoms with E-state index in [2.05, 4.69) is 10.1 Å². The van der Waals surface area contributed by atoms with Crippen molar-refractivity contribution in [2.24, 2.45) is 0 Å². The van der Waals surface area contributed by atoms with E-state index in [0.29, 0.717) is 11.3 Å². The zero-order chi connectivity index (χ0) is 15.8. The van der Waals surface area contributed by atoms with Crippen molar-refractivity contribution < 1.29 is 32.6 Å². The molecule has 0 aliphatic carbocycles. The molecule has 2 amide bonds. The van der Waals surface area contributed by atoms with Gasteiger partial charge in [0.05, 0.1) is 0 Å². The van der Waals surface area contributed by atoms with Crippen LogP contribution in [0.1, 0.15) is 19.8 Å². The van der Waals surface area contributed by atoms with Gasteiger partial charge in [0, 0.05) is 26.7 Å². The fourth-order valence-electron chi connectivity index (χ4n) is 1.47. The predicted molar refractivity (Wildman–Crippen MR) is 64.4 cm³/mol. The number of amides is 2. The van der Waals surface area contributed by atoms with Crippen molar-refractivity contribution in [2.45, 2.75) is 32.0 Å². The van der Waals surface area contributed by atoms with Gasteiger partial charge in [-0.1, -0.05) is 6.92 Å². The van der Waals surface area contributed by atoms with Crippen molar-refractivity contribution >= 4 is 12.0 Å². The lowest BCUT2D eigenvalue weighted by molar-refractivity contribution is -0.141. The smallest absolute Gasteiger partial charge is 0.406 e. The first-order valence-corrected chi connectivity index (χ1v) is 6.05. The Bertz CT molecular complexity index is 323. The van der Waals surface area contributed by atoms with Gasteiger partial charge in [-0.05, 0) is 6.42 Å². The quantitative estimate of drug-likeness (QED) is 0.711. The summed E-state index contributed by atoms with van der Waals surface area (Å²) in [6.07, 6.45) is -4.22. The van der Waals surface area contributed by atoms with Gasteiger partial charge >= 0.3 is 18.2 Å². The van der Waals surface area contributed by atoms with E-state index >= 15 is 0 Å². The molecule has 0 heterocycles. The Balaban J connectivity index is 4.66. The van der Waals surface area contributed by atoms with Crippen LogP contribution in [0.3, 0.4) is 0 Å². The van der Waals surface area contributed by atoms with Crippen molar-refractivity contribution in [3.63, 3.8) is 0 Å². The summed E-state index contributed by atoms with van der Waals surface area (Å²) in [6.45, 7) is 0.172. The Kier molecular flexibility index (Phi) is 7.97. The molecule has 0 aliphatic heterocycles. The van der Waals surface area contributed by atoms with Crippen LogP contribution in [0.5, 0.6) is 0 Å². The molecule has 0 radical (unpaired) electrons. The number of hydrogen-bond acceptors (Lipinski definition) is 3. The minimum Gasteiger partial charge on any atom is -0.480 e. The third-order valence-electron chi connectivity index (χ3n) is 2.36. The highest BCUT2D eigenvalue weighted by molar-refractivity contribution is 5.82. The number of methoxy groups -OCH3 is 1. The molecule has 1 atom stereocenters. The Morgan fingerprint density at radius 3 is 2.40 bits per heavy atom. The molecular weight excluding hydrogens is 281 g/mol. The number of alkyl halides is 3. The maximum atomic E-state index is 12.3. The van der Waals surface area contributed by atoms with E-state index in [1.54, 1.807) is 6.92 Å². The van der Waals surface area contributed by atoms with Crippen molar-refractivity contribution in [3.05, 3.63) is 0 Å². The first-order chi connectivity index (χ1) is 9.21. The second kappa shape index (κ2) is 8.62. The minimum atomic E-state index is -4.53. The van der Waals surface area contributed by atoms with Crippen LogP contribution in [0.15, 0.2) is 0 Å². The first-order valence-electron chi connectivity index (χ1n) is 6.05. The van der Waals surface area contributed by atoms with Crippen LogP contribution in [-0.4, -0.2) is 61.0 Å². The number of carboxylic acid groups (broad SMARTS) is 1. The number of carbonyl (C=O) groups is 2. The normalized spacial score (nSPS) is 12.8. The molecule has 0 aromatic carbocycles. The summed E-state index contributed by atoms with van der Waals surface area (Å²) in [7, 11) is 1.35. The SMILES string of the molecule is CCCN(CC(F)(F)F)C(=O)NC(CCOC)C(=O)O. The molecule has 6 nitrogen and oxygen atoms in total. The Morgan fingerprint density at radius 1 is 1.40 bits per heavy atom. The molecule has 0 rings (SSSR count). The first kappa shape index (κ1) is 18.5. The topological polar surface area (TPSA) is 78.9 Å². The van der Waals surface area contributed by atoms with Crippen LogP contribution < -0.4 is 5.32 Å². The Labute approximate surface area is 114 Å². The average molecular weight is 300 g/mol. The van der Waals surface area contributed by atoms with E-state index in [1.165, 1.54) is 7.11 Å². The monoisotopic (exact) mass is 300 g/mol. The van der Waals surface area contributed by atoms with Crippen molar-refractivity contribution in [1.82, 2.24) is 10.2 Å². The van der Waals surface area contributed by atoms with Gasteiger partial charge in [-0.2, -0.15) is 13.2 Å². The highest BCUT2D eigenvalue weighted by Crippen LogP contribution is 2.16. The molecule has 0 aromatic rings. The number of carboxylic acids is 1. The van der Waals surface area contributed by atoms with E-state index in [9.17, 15) is 22.8 Å². The average Bonchev–Trinajstić information content (AvgIpc) is 2.31. The van der Waals surface area contributed by atoms with E-state index < -0.39 is 30.8 Å². The molecule has 9 heteroatoms. The van der Waals surface area contributed by atoms with Gasteiger partial charge < -0.3 is 20.1 Å². The van der Waals surface area contributed by atoms with Gasteiger partial charge in [0.25, 0.3) is 0 Å². The molecule has 1 unspecified atom stereocenters. The van der Waals surface area contributed by atoms with Crippen LogP contribution in [-0.2, 0) is 9.53 Å². The molecule has 0 saturated heterocycles. The second-order valence-electron chi connectivity index (χ2n) is 4.16. The van der Waals surface area contributed by atoms with Gasteiger partial charge in [-0.15, -0.1) is 0 Å². The van der Waals surface area contributed by atoms with Crippen LogP contribution >= 0.6 is 0 Å². The Hall–Kier alpha value is -1.51. The third-order valence-corrected chi connectivity index (χ3v) is 2.36. The highest BCUT2D eigenvalue weighted by Gasteiger charge is 2.33. The zero-order valence-electron chi connectivity index (χ0n) is 11.4. The number of urea groups is 1. The zero-order valence-corrected chi connectivity index (χ0v) is 11.4. The summed E-state index contributed by atoms with van der Waals surface area (Å²) < 4.78 is 41.7. The standard InChI is InChI=1S/C11H19F3N2O4/c1-3-5-16(7-11(12,13)14)10(19)15-8(9(17)18)4-6-20-2/h8H,3-7H2,1-2H3,(H,15,19)(H,17,18). The van der Waals surface area contributed by atoms with Crippen LogP contribution in [0.2, 0.25) is 0 Å². The predicted octanol–water partition coefficient (Wildman–Crippen LogP) is 1.46. The number of aliphatic carboxylic acids is 1. The van der Waals surface area contributed by atoms with Gasteiger partial charge in [-0.3, -0.25) is 0 Å². The van der Waals surface area contributed by atoms with Gasteiger partial charge in [0.15, 0.2) is 0 Å². The number of nitrogens with one attached hydrogen (secondary N) is 1. The van der Waals surface area contributed by atoms with Crippen molar-refractivity contribution in [3.8, 4) is 0 Å². The molecule has 118 valence electrons. The fourth-order valence-corrected chi connectivity index (χ4v) is 1.47. The number of nitrogens with zero attached hydrogens (tertiary/aromatic N) is 1. The van der Waals surface area contributed by atoms with Crippen LogP contribution in [0.25, 0.3) is 0 Å². The number of halogens is 3. The molecule has 0 spiro atoms. The number of hydrogen-bond donors (Lipinski definition) is 2. The van der Waals surface area contributed by atoms with E-state index in [0.717, 1.165) is 0 Å². The van der Waals surface area contributed by atoms with E-state index in [1.807, 2.05) is 0 Å². The van der Waals surface area contributed by atoms with Crippen LogP contribution in [0, 0.1) is 0 Å². The lowest BCUT2D eigenvalue weighted by Gasteiger charge is -2.25. The van der Waals surface area contributed by atoms with Gasteiger partial charge in [0.2, 0.25) is 0 Å². The summed E-state index contributed by atoms with van der Waals surface area (Å²) in [5, 5.41) is 10.9. The minimum absolute atomic E-state index is 0.0242. The van der Waals surface area contributed by atoms with Crippen LogP contribution in [0.4, 0.5) is 18.0 Å². The molecule has 0 fully saturated rings. The summed E-state index contributed by atoms with van der Waals surface area (Å²) in [5.74, 6) is -1.32. The molecule has 0 bridgehead atoms. The third kappa shape index (κ3) is 7.82. The second-order valence-corrected chi connectivity index (χ2v) is 4.16. The number of rotatable bonds is 8. The molecule has 2 N–H and O–H groups in total. The Morgan fingerprint density at radius 2 is 2.00 bits per heavy atom. The number of ether oxygens (including phenoxy) is 1. The number of carbonyl (C=O) groups excluding carboxylic acids is 1. The summed E-state index contributed by atoms with van der Waals surface area (Å²) >= 11 is 0. The molecule has 0 aliphatic rings. The fraction of sp³-hybridized carbons (Fsp3) is 0.818. The lowest BCUT2D eigenvalue weighted by Crippen LogP contribution is -2.50. The molecule has 0 aromatic heterocycles. The maximum Gasteiger partial charge on any atom is 0.406 e. The maximum absolute atomic E-state index is 12.3. The van der Waals surface area contributed by atoms with Gasteiger partial charge in [0.1, 0.15) is 12.6 Å². The van der Waals surface area contributed by atoms with E-state index in [4.69, 9.17) is 5.11 Å². The largest absolute Gasteiger partial charge is 0.480 e. The van der Waals surface area contributed by atoms with Gasteiger partial charge in [-0.25, -0.2) is 9.59 Å².